The van der Waals surface area contributed by atoms with E-state index in [1.165, 1.54) is 6.33 Å². The van der Waals surface area contributed by atoms with Gasteiger partial charge in [0.2, 0.25) is 11.8 Å². The lowest BCUT2D eigenvalue weighted by Gasteiger charge is -2.10. The van der Waals surface area contributed by atoms with Gasteiger partial charge in [-0.15, -0.1) is 0 Å². The molecule has 2 aliphatic rings. The zero-order valence-electron chi connectivity index (χ0n) is 27.3. The van der Waals surface area contributed by atoms with Crippen molar-refractivity contribution in [2.75, 3.05) is 13.2 Å². The maximum atomic E-state index is 6.01. The predicted molar refractivity (Wildman–Crippen MR) is 184 cm³/mol. The summed E-state index contributed by atoms with van der Waals surface area (Å²) in [4.78, 5) is 8.52. The van der Waals surface area contributed by atoms with Crippen LogP contribution in [0, 0.1) is 0 Å². The van der Waals surface area contributed by atoms with Crippen LogP contribution in [0.3, 0.4) is 0 Å². The number of hydrogen-bond acceptors (Lipinski definition) is 8. The van der Waals surface area contributed by atoms with Gasteiger partial charge >= 0.3 is 0 Å². The summed E-state index contributed by atoms with van der Waals surface area (Å²) in [6.07, 6.45) is 6.97. The molecule has 7 rings (SSSR count). The van der Waals surface area contributed by atoms with Crippen LogP contribution in [0.1, 0.15) is 39.5 Å². The van der Waals surface area contributed by atoms with Crippen LogP contribution in [0.25, 0.3) is 22.3 Å². The van der Waals surface area contributed by atoms with Crippen molar-refractivity contribution in [3.63, 3.8) is 0 Å². The summed E-state index contributed by atoms with van der Waals surface area (Å²) >= 11 is 0. The quantitative estimate of drug-likeness (QED) is 0.0983. The molecule has 2 aliphatic heterocycles. The molecular weight excluding hydrogens is 604 g/mol. The first-order valence-corrected chi connectivity index (χ1v) is 16.8. The highest BCUT2D eigenvalue weighted by molar-refractivity contribution is 5.66. The van der Waals surface area contributed by atoms with Gasteiger partial charge in [0.1, 0.15) is 29.3 Å². The monoisotopic (exact) mass is 644 g/mol. The van der Waals surface area contributed by atoms with Crippen molar-refractivity contribution in [3.8, 4) is 57.0 Å². The highest BCUT2D eigenvalue weighted by Crippen LogP contribution is 2.32. The van der Waals surface area contributed by atoms with Gasteiger partial charge in [-0.3, -0.25) is 0 Å². The van der Waals surface area contributed by atoms with Crippen LogP contribution < -0.4 is 18.9 Å². The number of rotatable bonds is 16. The third kappa shape index (κ3) is 8.32. The van der Waals surface area contributed by atoms with Crippen molar-refractivity contribution in [1.29, 1.82) is 0 Å². The first-order chi connectivity index (χ1) is 23.6. The lowest BCUT2D eigenvalue weighted by atomic mass is 10.1. The maximum absolute atomic E-state index is 6.01. The summed E-state index contributed by atoms with van der Waals surface area (Å²) in [5, 5.41) is 0. The lowest BCUT2D eigenvalue weighted by Crippen LogP contribution is -2.03. The smallest absolute Gasteiger partial charge is 0.226 e. The minimum absolute atomic E-state index is 0.358. The van der Waals surface area contributed by atoms with Crippen LogP contribution in [0.5, 0.6) is 34.8 Å². The Morgan fingerprint density at radius 2 is 0.833 bits per heavy atom. The van der Waals surface area contributed by atoms with Crippen molar-refractivity contribution >= 4 is 0 Å². The van der Waals surface area contributed by atoms with Gasteiger partial charge in [0.05, 0.1) is 43.7 Å². The minimum atomic E-state index is 0.358. The minimum Gasteiger partial charge on any atom is -0.493 e. The van der Waals surface area contributed by atoms with E-state index in [0.29, 0.717) is 60.9 Å². The van der Waals surface area contributed by atoms with E-state index in [-0.39, 0.29) is 0 Å². The molecule has 0 saturated carbocycles. The zero-order chi connectivity index (χ0) is 32.7. The predicted octanol–water partition coefficient (Wildman–Crippen LogP) is 9.29. The largest absolute Gasteiger partial charge is 0.493 e. The molecule has 8 heteroatoms. The Hall–Kier alpha value is -4.92. The van der Waals surface area contributed by atoms with Crippen LogP contribution in [0.15, 0.2) is 109 Å². The number of nitrogens with zero attached hydrogens (tertiary/aromatic N) is 2. The summed E-state index contributed by atoms with van der Waals surface area (Å²) in [5.41, 5.74) is 4.35. The first-order valence-electron chi connectivity index (χ1n) is 16.8. The molecular formula is C40H40N2O6. The molecule has 2 saturated heterocycles. The Balaban J connectivity index is 0.884. The van der Waals surface area contributed by atoms with Crippen LogP contribution >= 0.6 is 0 Å². The molecule has 4 unspecified atom stereocenters. The van der Waals surface area contributed by atoms with E-state index in [1.54, 1.807) is 6.07 Å². The van der Waals surface area contributed by atoms with E-state index in [9.17, 15) is 0 Å². The summed E-state index contributed by atoms with van der Waals surface area (Å²) < 4.78 is 35.0. The first kappa shape index (κ1) is 31.7. The fourth-order valence-electron chi connectivity index (χ4n) is 5.76. The molecule has 2 fully saturated rings. The summed E-state index contributed by atoms with van der Waals surface area (Å²) in [5.74, 6) is 3.84. The number of hydrogen-bond donors (Lipinski definition) is 0. The third-order valence-electron chi connectivity index (χ3n) is 8.67. The van der Waals surface area contributed by atoms with Crippen LogP contribution in [-0.2, 0) is 9.47 Å². The van der Waals surface area contributed by atoms with E-state index in [4.69, 9.17) is 28.4 Å². The van der Waals surface area contributed by atoms with E-state index in [0.717, 1.165) is 59.4 Å². The van der Waals surface area contributed by atoms with Gasteiger partial charge < -0.3 is 28.4 Å². The molecule has 5 aromatic rings. The number of benzene rings is 4. The van der Waals surface area contributed by atoms with E-state index in [2.05, 4.69) is 48.1 Å². The molecule has 4 aromatic carbocycles. The fraction of sp³-hybridized carbons (Fsp3) is 0.300. The second kappa shape index (κ2) is 14.9. The topological polar surface area (TPSA) is 87.8 Å². The molecule has 4 atom stereocenters. The summed E-state index contributed by atoms with van der Waals surface area (Å²) in [7, 11) is 0. The van der Waals surface area contributed by atoms with Crippen LogP contribution in [0.2, 0.25) is 0 Å². The van der Waals surface area contributed by atoms with Crippen molar-refractivity contribution in [2.24, 2.45) is 0 Å². The number of ether oxygens (including phenoxy) is 6. The molecule has 3 heterocycles. The zero-order valence-corrected chi connectivity index (χ0v) is 27.3. The van der Waals surface area contributed by atoms with Gasteiger partial charge in [-0.25, -0.2) is 9.97 Å². The highest BCUT2D eigenvalue weighted by atomic mass is 16.6. The molecule has 0 spiro atoms. The molecule has 0 radical (unpaired) electrons. The van der Waals surface area contributed by atoms with Gasteiger partial charge in [-0.1, -0.05) is 62.4 Å². The Morgan fingerprint density at radius 3 is 1.17 bits per heavy atom. The normalized spacial score (nSPS) is 19.4. The Kier molecular flexibility index (Phi) is 9.82. The lowest BCUT2D eigenvalue weighted by molar-refractivity contribution is 0.280. The van der Waals surface area contributed by atoms with Crippen molar-refractivity contribution in [1.82, 2.24) is 9.97 Å². The summed E-state index contributed by atoms with van der Waals surface area (Å²) in [6.45, 7) is 5.63. The van der Waals surface area contributed by atoms with Crippen molar-refractivity contribution in [2.45, 2.75) is 63.9 Å². The van der Waals surface area contributed by atoms with E-state index in [1.807, 2.05) is 72.8 Å². The summed E-state index contributed by atoms with van der Waals surface area (Å²) in [6, 6.07) is 33.7. The molecule has 8 nitrogen and oxygen atoms in total. The Labute approximate surface area is 281 Å². The molecule has 246 valence electrons. The third-order valence-corrected chi connectivity index (χ3v) is 8.67. The molecule has 1 aromatic heterocycles. The molecule has 0 N–H and O–H groups in total. The van der Waals surface area contributed by atoms with E-state index < -0.39 is 0 Å². The molecule has 48 heavy (non-hydrogen) atoms. The second-order valence-electron chi connectivity index (χ2n) is 12.0. The Bertz CT molecular complexity index is 1630. The SMILES string of the molecule is CCC1OC1CCOc1ccc(-c2ccc(Oc3cc(Oc4ccc(-c5ccc(OCCC6OC6CC)cc5)cc4)ncn3)cc2)cc1. The van der Waals surface area contributed by atoms with Crippen molar-refractivity contribution in [3.05, 3.63) is 109 Å². The van der Waals surface area contributed by atoms with E-state index >= 15 is 0 Å². The van der Waals surface area contributed by atoms with Crippen LogP contribution in [0.4, 0.5) is 0 Å². The second-order valence-corrected chi connectivity index (χ2v) is 12.0. The van der Waals surface area contributed by atoms with Gasteiger partial charge in [0.25, 0.3) is 0 Å². The number of epoxide rings is 2. The number of aromatic nitrogens is 2. The molecule has 0 aliphatic carbocycles. The van der Waals surface area contributed by atoms with Gasteiger partial charge in [-0.05, 0) is 83.6 Å². The van der Waals surface area contributed by atoms with Gasteiger partial charge in [0, 0.05) is 12.8 Å². The van der Waals surface area contributed by atoms with Crippen LogP contribution in [-0.4, -0.2) is 47.6 Å². The molecule has 0 amide bonds. The standard InChI is InChI=1S/C40H40N2O6/c1-3-35-37(47-35)21-23-43-31-13-5-27(6-14-31)29-9-17-33(18-10-29)45-39-25-40(42-26-41-39)46-34-19-11-30(12-20-34)28-7-15-32(16-8-28)44-24-22-38-36(4-2)48-38/h5-20,25-26,35-38H,3-4,21-24H2,1-2H3. The highest BCUT2D eigenvalue weighted by Gasteiger charge is 2.37. The molecule has 0 bridgehead atoms. The average molecular weight is 645 g/mol. The van der Waals surface area contributed by atoms with Crippen molar-refractivity contribution < 1.29 is 28.4 Å². The fourth-order valence-corrected chi connectivity index (χ4v) is 5.76. The van der Waals surface area contributed by atoms with Gasteiger partial charge in [-0.2, -0.15) is 0 Å². The van der Waals surface area contributed by atoms with Gasteiger partial charge in [0.15, 0.2) is 0 Å². The maximum Gasteiger partial charge on any atom is 0.226 e. The average Bonchev–Trinajstić information content (AvgIpc) is 4.06. The Morgan fingerprint density at radius 1 is 0.479 bits per heavy atom.